The topological polar surface area (TPSA) is 50.5 Å². The van der Waals surface area contributed by atoms with Crippen LogP contribution in [0.4, 0.5) is 13.2 Å². The fourth-order valence-electron chi connectivity index (χ4n) is 3.00. The zero-order chi connectivity index (χ0) is 20.5. The summed E-state index contributed by atoms with van der Waals surface area (Å²) in [6.45, 7) is 4.22. The van der Waals surface area contributed by atoms with Crippen LogP contribution in [-0.2, 0) is 12.6 Å². The van der Waals surface area contributed by atoms with E-state index in [9.17, 15) is 18.0 Å². The Morgan fingerprint density at radius 3 is 2.57 bits per heavy atom. The number of hydrogen-bond acceptors (Lipinski definition) is 3. The summed E-state index contributed by atoms with van der Waals surface area (Å²) in [4.78, 5) is 22.8. The van der Waals surface area contributed by atoms with Crippen LogP contribution < -0.4 is 0 Å². The maximum absolute atomic E-state index is 13.2. The molecular weight excluding hydrogens is 393 g/mol. The predicted octanol–water partition coefficient (Wildman–Crippen LogP) is 4.41. The zero-order valence-corrected chi connectivity index (χ0v) is 16.1. The minimum Gasteiger partial charge on any atom is -0.337 e. The van der Waals surface area contributed by atoms with Gasteiger partial charge in [-0.2, -0.15) is 13.2 Å². The molecule has 0 aliphatic heterocycles. The van der Waals surface area contributed by atoms with E-state index >= 15 is 0 Å². The molecule has 0 bridgehead atoms. The fraction of sp³-hybridized carbons (Fsp3) is 0.316. The van der Waals surface area contributed by atoms with E-state index in [2.05, 4.69) is 9.97 Å². The van der Waals surface area contributed by atoms with Crippen LogP contribution >= 0.6 is 11.6 Å². The van der Waals surface area contributed by atoms with Gasteiger partial charge in [0.15, 0.2) is 5.65 Å². The highest BCUT2D eigenvalue weighted by molar-refractivity contribution is 6.33. The molecule has 0 aromatic carbocycles. The average Bonchev–Trinajstić information content (AvgIpc) is 2.98. The molecule has 0 aliphatic rings. The molecule has 0 saturated heterocycles. The molecule has 0 unspecified atom stereocenters. The number of aryl methyl sites for hydroxylation is 1. The van der Waals surface area contributed by atoms with E-state index in [1.54, 1.807) is 24.2 Å². The molecule has 3 aromatic rings. The number of fused-ring (bicyclic) bond motifs is 1. The van der Waals surface area contributed by atoms with Crippen molar-refractivity contribution in [1.82, 2.24) is 19.3 Å². The lowest BCUT2D eigenvalue weighted by atomic mass is 10.2. The van der Waals surface area contributed by atoms with E-state index in [4.69, 9.17) is 11.6 Å². The number of likely N-dealkylation sites (N-methyl/N-ethyl adjacent to an activating group) is 1. The number of aromatic nitrogens is 3. The first kappa shape index (κ1) is 20.1. The Morgan fingerprint density at radius 2 is 1.96 bits per heavy atom. The minimum atomic E-state index is -4.58. The molecule has 3 aromatic heterocycles. The lowest BCUT2D eigenvalue weighted by Crippen LogP contribution is -2.34. The molecule has 1 amide bonds. The summed E-state index contributed by atoms with van der Waals surface area (Å²) in [7, 11) is 0. The summed E-state index contributed by atoms with van der Waals surface area (Å²) in [5.41, 5.74) is 0.615. The van der Waals surface area contributed by atoms with Gasteiger partial charge in [-0.25, -0.2) is 4.98 Å². The lowest BCUT2D eigenvalue weighted by molar-refractivity contribution is -0.137. The maximum Gasteiger partial charge on any atom is 0.417 e. The van der Waals surface area contributed by atoms with E-state index in [1.807, 2.05) is 19.1 Å². The van der Waals surface area contributed by atoms with Gasteiger partial charge in [0.25, 0.3) is 5.91 Å². The standard InChI is InChI=1S/C19H18ClF3N4O/c1-3-26(9-6-13-4-7-24-8-5-13)18(28)16-12(2)25-17-15(20)10-14(11-27(16)17)19(21,22)23/h4-5,7-8,10-11H,3,6,9H2,1-2H3. The Kier molecular flexibility index (Phi) is 5.60. The summed E-state index contributed by atoms with van der Waals surface area (Å²) < 4.78 is 40.7. The first-order valence-corrected chi connectivity index (χ1v) is 9.03. The third kappa shape index (κ3) is 3.96. The molecule has 0 radical (unpaired) electrons. The van der Waals surface area contributed by atoms with Crippen LogP contribution in [0.3, 0.4) is 0 Å². The van der Waals surface area contributed by atoms with Crippen molar-refractivity contribution in [3.63, 3.8) is 0 Å². The van der Waals surface area contributed by atoms with Crippen molar-refractivity contribution >= 4 is 23.2 Å². The number of amides is 1. The predicted molar refractivity (Wildman–Crippen MR) is 99.5 cm³/mol. The van der Waals surface area contributed by atoms with Crippen LogP contribution in [0.2, 0.25) is 5.02 Å². The number of carbonyl (C=O) groups excluding carboxylic acids is 1. The van der Waals surface area contributed by atoms with Gasteiger partial charge in [0, 0.05) is 31.7 Å². The van der Waals surface area contributed by atoms with Gasteiger partial charge in [0.2, 0.25) is 0 Å². The van der Waals surface area contributed by atoms with Crippen molar-refractivity contribution < 1.29 is 18.0 Å². The highest BCUT2D eigenvalue weighted by Crippen LogP contribution is 2.33. The van der Waals surface area contributed by atoms with Crippen LogP contribution in [0.1, 0.15) is 34.2 Å². The van der Waals surface area contributed by atoms with Gasteiger partial charge in [-0.1, -0.05) is 11.6 Å². The number of carbonyl (C=O) groups is 1. The molecule has 28 heavy (non-hydrogen) atoms. The Bertz CT molecular complexity index is 1000. The second kappa shape index (κ2) is 7.79. The normalized spacial score (nSPS) is 11.8. The Morgan fingerprint density at radius 1 is 1.29 bits per heavy atom. The van der Waals surface area contributed by atoms with E-state index in [-0.39, 0.29) is 16.4 Å². The van der Waals surface area contributed by atoms with Gasteiger partial charge >= 0.3 is 6.18 Å². The van der Waals surface area contributed by atoms with E-state index in [0.29, 0.717) is 25.2 Å². The number of halogens is 4. The van der Waals surface area contributed by atoms with Crippen molar-refractivity contribution in [1.29, 1.82) is 0 Å². The molecule has 3 rings (SSSR count). The van der Waals surface area contributed by atoms with Crippen LogP contribution in [0.15, 0.2) is 36.8 Å². The summed E-state index contributed by atoms with van der Waals surface area (Å²) >= 11 is 6.00. The molecule has 3 heterocycles. The van der Waals surface area contributed by atoms with E-state index < -0.39 is 17.6 Å². The zero-order valence-electron chi connectivity index (χ0n) is 15.3. The molecule has 0 saturated carbocycles. The first-order chi connectivity index (χ1) is 13.2. The summed E-state index contributed by atoms with van der Waals surface area (Å²) in [6.07, 6.45) is 0.227. The smallest absolute Gasteiger partial charge is 0.337 e. The summed E-state index contributed by atoms with van der Waals surface area (Å²) in [5.74, 6) is -0.392. The number of hydrogen-bond donors (Lipinski definition) is 0. The van der Waals surface area contributed by atoms with Crippen molar-refractivity contribution in [2.24, 2.45) is 0 Å². The molecular formula is C19H18ClF3N4O. The highest BCUT2D eigenvalue weighted by atomic mass is 35.5. The Hall–Kier alpha value is -2.61. The average molecular weight is 411 g/mol. The van der Waals surface area contributed by atoms with Crippen LogP contribution in [-0.4, -0.2) is 38.3 Å². The molecule has 9 heteroatoms. The molecule has 148 valence electrons. The van der Waals surface area contributed by atoms with E-state index in [0.717, 1.165) is 22.2 Å². The van der Waals surface area contributed by atoms with Gasteiger partial charge in [-0.15, -0.1) is 0 Å². The molecule has 0 aliphatic carbocycles. The Balaban J connectivity index is 1.97. The van der Waals surface area contributed by atoms with Crippen molar-refractivity contribution in [3.05, 3.63) is 64.3 Å². The molecule has 0 atom stereocenters. The second-order valence-corrected chi connectivity index (χ2v) is 6.71. The minimum absolute atomic E-state index is 0.0829. The maximum atomic E-state index is 13.2. The van der Waals surface area contributed by atoms with Crippen LogP contribution in [0.5, 0.6) is 0 Å². The number of imidazole rings is 1. The van der Waals surface area contributed by atoms with Crippen molar-refractivity contribution in [3.8, 4) is 0 Å². The van der Waals surface area contributed by atoms with Gasteiger partial charge in [-0.3, -0.25) is 14.2 Å². The van der Waals surface area contributed by atoms with Gasteiger partial charge < -0.3 is 4.90 Å². The number of nitrogens with zero attached hydrogens (tertiary/aromatic N) is 4. The first-order valence-electron chi connectivity index (χ1n) is 8.66. The lowest BCUT2D eigenvalue weighted by Gasteiger charge is -2.21. The van der Waals surface area contributed by atoms with Gasteiger partial charge in [-0.05, 0) is 44.0 Å². The van der Waals surface area contributed by atoms with Crippen LogP contribution in [0.25, 0.3) is 5.65 Å². The number of pyridine rings is 2. The summed E-state index contributed by atoms with van der Waals surface area (Å²) in [5, 5.41) is -0.156. The SMILES string of the molecule is CCN(CCc1ccncc1)C(=O)c1c(C)nc2c(Cl)cc(C(F)(F)F)cn12. The number of rotatable bonds is 5. The van der Waals surface area contributed by atoms with Crippen LogP contribution in [0, 0.1) is 6.92 Å². The molecule has 0 spiro atoms. The molecule has 0 fully saturated rings. The van der Waals surface area contributed by atoms with Crippen molar-refractivity contribution in [2.45, 2.75) is 26.4 Å². The molecule has 5 nitrogen and oxygen atoms in total. The van der Waals surface area contributed by atoms with E-state index in [1.165, 1.54) is 0 Å². The monoisotopic (exact) mass is 410 g/mol. The Labute approximate surface area is 164 Å². The molecule has 0 N–H and O–H groups in total. The van der Waals surface area contributed by atoms with Gasteiger partial charge in [0.1, 0.15) is 5.69 Å². The quantitative estimate of drug-likeness (QED) is 0.626. The highest BCUT2D eigenvalue weighted by Gasteiger charge is 2.33. The third-order valence-corrected chi connectivity index (χ3v) is 4.75. The fourth-order valence-corrected chi connectivity index (χ4v) is 3.25. The van der Waals surface area contributed by atoms with Gasteiger partial charge in [0.05, 0.1) is 16.3 Å². The summed E-state index contributed by atoms with van der Waals surface area (Å²) in [6, 6.07) is 4.53. The largest absolute Gasteiger partial charge is 0.417 e. The van der Waals surface area contributed by atoms with Crippen molar-refractivity contribution in [2.75, 3.05) is 13.1 Å². The third-order valence-electron chi connectivity index (χ3n) is 4.47. The second-order valence-electron chi connectivity index (χ2n) is 6.30. The number of alkyl halides is 3.